The number of aliphatic hydroxyl groups excluding tert-OH is 1. The van der Waals surface area contributed by atoms with Gasteiger partial charge in [0.25, 0.3) is 0 Å². The molecule has 0 saturated heterocycles. The van der Waals surface area contributed by atoms with E-state index >= 15 is 0 Å². The predicted molar refractivity (Wildman–Crippen MR) is 122 cm³/mol. The van der Waals surface area contributed by atoms with E-state index in [2.05, 4.69) is 24.5 Å². The van der Waals surface area contributed by atoms with Crippen LogP contribution in [-0.2, 0) is 4.79 Å². The third kappa shape index (κ3) is 19.7. The molecule has 0 aliphatic rings. The minimum atomic E-state index is 0.223. The fraction of sp³-hybridized carbons (Fsp3) is 0.875. The monoisotopic (exact) mass is 396 g/mol. The zero-order chi connectivity index (χ0) is 20.9. The highest BCUT2D eigenvalue weighted by atomic mass is 16.3. The normalized spacial score (nSPS) is 12.9. The maximum atomic E-state index is 11.7. The van der Waals surface area contributed by atoms with Gasteiger partial charge in [-0.1, -0.05) is 65.2 Å². The molecule has 28 heavy (non-hydrogen) atoms. The Kier molecular flexibility index (Phi) is 19.9. The zero-order valence-corrected chi connectivity index (χ0v) is 19.0. The number of rotatable bonds is 20. The first-order valence-corrected chi connectivity index (χ1v) is 11.9. The number of hydrogen-bond acceptors (Lipinski definition) is 3. The molecule has 1 atom stereocenters. The summed E-state index contributed by atoms with van der Waals surface area (Å²) >= 11 is 0. The van der Waals surface area contributed by atoms with Crippen LogP contribution in [0.1, 0.15) is 110 Å². The molecule has 0 heterocycles. The molecule has 166 valence electrons. The van der Waals surface area contributed by atoms with Gasteiger partial charge in [-0.25, -0.2) is 0 Å². The van der Waals surface area contributed by atoms with Crippen LogP contribution in [0.2, 0.25) is 0 Å². The van der Waals surface area contributed by atoms with Crippen molar-refractivity contribution in [2.45, 2.75) is 110 Å². The van der Waals surface area contributed by atoms with Crippen molar-refractivity contribution in [3.05, 3.63) is 11.8 Å². The molecule has 4 nitrogen and oxygen atoms in total. The summed E-state index contributed by atoms with van der Waals surface area (Å²) in [6.07, 6.45) is 18.8. The lowest BCUT2D eigenvalue weighted by atomic mass is 10.0. The van der Waals surface area contributed by atoms with Crippen LogP contribution in [0.25, 0.3) is 0 Å². The Morgan fingerprint density at radius 1 is 0.857 bits per heavy atom. The molecule has 0 bridgehead atoms. The second kappa shape index (κ2) is 20.7. The summed E-state index contributed by atoms with van der Waals surface area (Å²) in [5, 5.41) is 16.2. The van der Waals surface area contributed by atoms with E-state index in [4.69, 9.17) is 0 Å². The van der Waals surface area contributed by atoms with Crippen molar-refractivity contribution < 1.29 is 9.90 Å². The van der Waals surface area contributed by atoms with E-state index in [1.807, 2.05) is 13.1 Å². The molecule has 0 radical (unpaired) electrons. The van der Waals surface area contributed by atoms with Gasteiger partial charge in [-0.15, -0.1) is 0 Å². The van der Waals surface area contributed by atoms with Crippen LogP contribution in [-0.4, -0.2) is 31.2 Å². The SMILES string of the molecule is CCCCCNC(=O)CCCCCCCCCC/C(O)=C\C(C)CCCNC. The Hall–Kier alpha value is -1.03. The van der Waals surface area contributed by atoms with Crippen LogP contribution in [0.5, 0.6) is 0 Å². The summed E-state index contributed by atoms with van der Waals surface area (Å²) in [4.78, 5) is 11.7. The molecular formula is C24H48N2O2. The van der Waals surface area contributed by atoms with E-state index in [0.29, 0.717) is 18.1 Å². The van der Waals surface area contributed by atoms with Crippen LogP contribution in [0.4, 0.5) is 0 Å². The predicted octanol–water partition coefficient (Wildman–Crippen LogP) is 6.27. The highest BCUT2D eigenvalue weighted by molar-refractivity contribution is 5.75. The minimum absolute atomic E-state index is 0.223. The van der Waals surface area contributed by atoms with Gasteiger partial charge < -0.3 is 15.7 Å². The first-order chi connectivity index (χ1) is 13.6. The van der Waals surface area contributed by atoms with Gasteiger partial charge >= 0.3 is 0 Å². The Balaban J connectivity index is 3.39. The van der Waals surface area contributed by atoms with E-state index < -0.39 is 0 Å². The maximum Gasteiger partial charge on any atom is 0.219 e. The lowest BCUT2D eigenvalue weighted by Gasteiger charge is -2.08. The summed E-state index contributed by atoms with van der Waals surface area (Å²) in [6, 6.07) is 0. The number of aliphatic hydroxyl groups is 1. The molecule has 0 rings (SSSR count). The Morgan fingerprint density at radius 3 is 2.07 bits per heavy atom. The lowest BCUT2D eigenvalue weighted by Crippen LogP contribution is -2.23. The Morgan fingerprint density at radius 2 is 1.46 bits per heavy atom. The van der Waals surface area contributed by atoms with Crippen LogP contribution >= 0.6 is 0 Å². The third-order valence-electron chi connectivity index (χ3n) is 5.25. The summed E-state index contributed by atoms with van der Waals surface area (Å²) in [5.41, 5.74) is 0. The summed E-state index contributed by atoms with van der Waals surface area (Å²) < 4.78 is 0. The maximum absolute atomic E-state index is 11.7. The van der Waals surface area contributed by atoms with Crippen molar-refractivity contribution >= 4 is 5.91 Å². The number of carbonyl (C=O) groups excluding carboxylic acids is 1. The standard InChI is InChI=1S/C24H48N2O2/c1-4-5-14-20-26-24(28)18-13-11-9-7-6-8-10-12-17-23(27)21-22(2)16-15-19-25-3/h21-22,25,27H,4-20H2,1-3H3,(H,26,28)/b23-21+. The van der Waals surface area contributed by atoms with E-state index in [1.54, 1.807) is 0 Å². The molecule has 0 fully saturated rings. The van der Waals surface area contributed by atoms with Crippen molar-refractivity contribution in [1.29, 1.82) is 0 Å². The Bertz CT molecular complexity index is 383. The van der Waals surface area contributed by atoms with Gasteiger partial charge in [0, 0.05) is 19.4 Å². The van der Waals surface area contributed by atoms with Gasteiger partial charge in [0.2, 0.25) is 5.91 Å². The molecular weight excluding hydrogens is 348 g/mol. The number of amides is 1. The van der Waals surface area contributed by atoms with Gasteiger partial charge in [-0.3, -0.25) is 4.79 Å². The second-order valence-electron chi connectivity index (χ2n) is 8.27. The van der Waals surface area contributed by atoms with Gasteiger partial charge in [0.15, 0.2) is 0 Å². The fourth-order valence-electron chi connectivity index (χ4n) is 3.44. The number of carbonyl (C=O) groups is 1. The third-order valence-corrected chi connectivity index (χ3v) is 5.25. The molecule has 1 amide bonds. The molecule has 0 spiro atoms. The number of nitrogens with one attached hydrogen (secondary N) is 2. The van der Waals surface area contributed by atoms with Crippen LogP contribution < -0.4 is 10.6 Å². The van der Waals surface area contributed by atoms with Crippen LogP contribution in [0.15, 0.2) is 11.8 Å². The van der Waals surface area contributed by atoms with Crippen molar-refractivity contribution in [2.24, 2.45) is 5.92 Å². The van der Waals surface area contributed by atoms with Gasteiger partial charge in [0.1, 0.15) is 0 Å². The number of hydrogen-bond donors (Lipinski definition) is 3. The molecule has 0 aromatic heterocycles. The topological polar surface area (TPSA) is 61.4 Å². The summed E-state index contributed by atoms with van der Waals surface area (Å²) in [7, 11) is 1.98. The number of unbranched alkanes of at least 4 members (excludes halogenated alkanes) is 9. The van der Waals surface area contributed by atoms with E-state index in [1.165, 1.54) is 44.9 Å². The van der Waals surface area contributed by atoms with Gasteiger partial charge in [0.05, 0.1) is 5.76 Å². The van der Waals surface area contributed by atoms with Gasteiger partial charge in [-0.05, 0) is 57.7 Å². The highest BCUT2D eigenvalue weighted by Crippen LogP contribution is 2.15. The Labute approximate surface area is 174 Å². The molecule has 3 N–H and O–H groups in total. The van der Waals surface area contributed by atoms with E-state index in [-0.39, 0.29) is 5.91 Å². The first-order valence-electron chi connectivity index (χ1n) is 11.9. The van der Waals surface area contributed by atoms with Gasteiger partial charge in [-0.2, -0.15) is 0 Å². The molecule has 0 aliphatic carbocycles. The highest BCUT2D eigenvalue weighted by Gasteiger charge is 2.02. The zero-order valence-electron chi connectivity index (χ0n) is 19.0. The minimum Gasteiger partial charge on any atom is -0.513 e. The average molecular weight is 397 g/mol. The van der Waals surface area contributed by atoms with E-state index in [9.17, 15) is 9.90 Å². The van der Waals surface area contributed by atoms with Crippen molar-refractivity contribution in [3.8, 4) is 0 Å². The summed E-state index contributed by atoms with van der Waals surface area (Å²) in [6.45, 7) is 6.25. The molecule has 0 aromatic rings. The van der Waals surface area contributed by atoms with Crippen molar-refractivity contribution in [1.82, 2.24) is 10.6 Å². The van der Waals surface area contributed by atoms with Crippen molar-refractivity contribution in [3.63, 3.8) is 0 Å². The molecule has 4 heteroatoms. The van der Waals surface area contributed by atoms with Crippen LogP contribution in [0, 0.1) is 5.92 Å². The average Bonchev–Trinajstić information content (AvgIpc) is 2.67. The largest absolute Gasteiger partial charge is 0.513 e. The number of allylic oxidation sites excluding steroid dienone is 2. The lowest BCUT2D eigenvalue weighted by molar-refractivity contribution is -0.121. The molecule has 0 aliphatic heterocycles. The molecule has 1 unspecified atom stereocenters. The quantitative estimate of drug-likeness (QED) is 0.168. The smallest absolute Gasteiger partial charge is 0.219 e. The van der Waals surface area contributed by atoms with E-state index in [0.717, 1.165) is 58.0 Å². The van der Waals surface area contributed by atoms with Crippen molar-refractivity contribution in [2.75, 3.05) is 20.1 Å². The second-order valence-corrected chi connectivity index (χ2v) is 8.27. The van der Waals surface area contributed by atoms with Crippen LogP contribution in [0.3, 0.4) is 0 Å². The molecule has 0 aromatic carbocycles. The first kappa shape index (κ1) is 27.0. The fourth-order valence-corrected chi connectivity index (χ4v) is 3.44. The molecule has 0 saturated carbocycles. The summed E-state index contributed by atoms with van der Waals surface area (Å²) in [5.74, 6) is 1.26.